The molecule has 0 saturated carbocycles. The van der Waals surface area contributed by atoms with E-state index in [2.05, 4.69) is 5.32 Å². The summed E-state index contributed by atoms with van der Waals surface area (Å²) in [6.45, 7) is 3.37. The predicted molar refractivity (Wildman–Crippen MR) is 83.4 cm³/mol. The van der Waals surface area contributed by atoms with Gasteiger partial charge in [0.1, 0.15) is 17.3 Å². The molecule has 114 valence electrons. The summed E-state index contributed by atoms with van der Waals surface area (Å²) < 4.78 is 30.1. The molecular formula is C14H15Cl2NO3S. The maximum Gasteiger partial charge on any atom is 0.185 e. The van der Waals surface area contributed by atoms with Crippen LogP contribution in [0.2, 0.25) is 10.0 Å². The lowest BCUT2D eigenvalue weighted by atomic mass is 10.4. The van der Waals surface area contributed by atoms with Crippen molar-refractivity contribution >= 4 is 33.0 Å². The first-order valence-corrected chi connectivity index (χ1v) is 8.79. The molecule has 1 heterocycles. The van der Waals surface area contributed by atoms with Gasteiger partial charge >= 0.3 is 0 Å². The largest absolute Gasteiger partial charge is 0.464 e. The Bertz CT molecular complexity index is 726. The van der Waals surface area contributed by atoms with Crippen molar-refractivity contribution in [1.29, 1.82) is 0 Å². The Morgan fingerprint density at radius 2 is 1.81 bits per heavy atom. The summed E-state index contributed by atoms with van der Waals surface area (Å²) in [6.07, 6.45) is 0. The smallest absolute Gasteiger partial charge is 0.185 e. The van der Waals surface area contributed by atoms with E-state index in [0.717, 1.165) is 6.54 Å². The Morgan fingerprint density at radius 1 is 1.10 bits per heavy atom. The van der Waals surface area contributed by atoms with Gasteiger partial charge in [0, 0.05) is 0 Å². The second kappa shape index (κ2) is 6.83. The number of nitrogens with one attached hydrogen (secondary N) is 1. The van der Waals surface area contributed by atoms with E-state index >= 15 is 0 Å². The number of halogens is 2. The van der Waals surface area contributed by atoms with Crippen LogP contribution in [0.15, 0.2) is 39.6 Å². The van der Waals surface area contributed by atoms with Crippen molar-refractivity contribution in [1.82, 2.24) is 5.32 Å². The molecule has 7 heteroatoms. The van der Waals surface area contributed by atoms with Crippen molar-refractivity contribution in [2.24, 2.45) is 0 Å². The molecule has 0 amide bonds. The fraction of sp³-hybridized carbons (Fsp3) is 0.286. The molecule has 0 aliphatic carbocycles. The van der Waals surface area contributed by atoms with E-state index in [9.17, 15) is 8.42 Å². The number of sulfone groups is 1. The molecule has 0 aliphatic heterocycles. The Hall–Kier alpha value is -1.01. The summed E-state index contributed by atoms with van der Waals surface area (Å²) >= 11 is 11.6. The van der Waals surface area contributed by atoms with Crippen molar-refractivity contribution in [3.05, 3.63) is 51.9 Å². The molecular weight excluding hydrogens is 333 g/mol. The zero-order valence-corrected chi connectivity index (χ0v) is 13.7. The lowest BCUT2D eigenvalue weighted by Gasteiger charge is -2.04. The number of hydrogen-bond acceptors (Lipinski definition) is 4. The topological polar surface area (TPSA) is 59.3 Å². The Kier molecular flexibility index (Phi) is 5.32. The van der Waals surface area contributed by atoms with E-state index in [1.807, 2.05) is 6.92 Å². The van der Waals surface area contributed by atoms with Gasteiger partial charge in [-0.2, -0.15) is 0 Å². The predicted octanol–water partition coefficient (Wildman–Crippen LogP) is 3.67. The van der Waals surface area contributed by atoms with Crippen LogP contribution >= 0.6 is 23.2 Å². The average Bonchev–Trinajstić information content (AvgIpc) is 2.86. The first kappa shape index (κ1) is 16.4. The Labute approximate surface area is 134 Å². The molecule has 0 radical (unpaired) electrons. The lowest BCUT2D eigenvalue weighted by Crippen LogP contribution is -2.10. The molecule has 0 bridgehead atoms. The lowest BCUT2D eigenvalue weighted by molar-refractivity contribution is 0.459. The maximum absolute atomic E-state index is 12.3. The fourth-order valence-corrected chi connectivity index (χ4v) is 3.42. The summed E-state index contributed by atoms with van der Waals surface area (Å²) in [6, 6.07) is 7.69. The molecule has 2 aromatic rings. The molecule has 1 aromatic carbocycles. The average molecular weight is 348 g/mol. The van der Waals surface area contributed by atoms with Gasteiger partial charge in [-0.1, -0.05) is 30.1 Å². The molecule has 0 aliphatic rings. The van der Waals surface area contributed by atoms with Gasteiger partial charge in [0.05, 0.1) is 21.5 Å². The first-order valence-electron chi connectivity index (χ1n) is 6.38. The summed E-state index contributed by atoms with van der Waals surface area (Å²) in [5.74, 6) is 0.891. The molecule has 0 spiro atoms. The van der Waals surface area contributed by atoms with E-state index < -0.39 is 9.84 Å². The summed E-state index contributed by atoms with van der Waals surface area (Å²) in [7, 11) is -3.52. The molecule has 0 saturated heterocycles. The standard InChI is InChI=1S/C14H15Cl2NO3S/c1-2-17-8-10-3-4-11(20-10)9-21(18,19)12-5-6-13(15)14(16)7-12/h3-7,17H,2,8-9H2,1H3. The number of benzene rings is 1. The van der Waals surface area contributed by atoms with E-state index in [1.54, 1.807) is 12.1 Å². The van der Waals surface area contributed by atoms with E-state index in [0.29, 0.717) is 23.1 Å². The molecule has 4 nitrogen and oxygen atoms in total. The van der Waals surface area contributed by atoms with Crippen LogP contribution in [0.5, 0.6) is 0 Å². The molecule has 2 rings (SSSR count). The SMILES string of the molecule is CCNCc1ccc(CS(=O)(=O)c2ccc(Cl)c(Cl)c2)o1. The second-order valence-electron chi connectivity index (χ2n) is 4.48. The van der Waals surface area contributed by atoms with E-state index in [4.69, 9.17) is 27.6 Å². The highest BCUT2D eigenvalue weighted by molar-refractivity contribution is 7.90. The van der Waals surface area contributed by atoms with Gasteiger partial charge in [-0.05, 0) is 36.9 Å². The van der Waals surface area contributed by atoms with Crippen molar-refractivity contribution < 1.29 is 12.8 Å². The van der Waals surface area contributed by atoms with Crippen LogP contribution in [-0.2, 0) is 22.1 Å². The van der Waals surface area contributed by atoms with E-state index in [1.165, 1.54) is 18.2 Å². The highest BCUT2D eigenvalue weighted by Gasteiger charge is 2.18. The highest BCUT2D eigenvalue weighted by Crippen LogP contribution is 2.26. The van der Waals surface area contributed by atoms with Crippen molar-refractivity contribution in [2.45, 2.75) is 24.1 Å². The van der Waals surface area contributed by atoms with Crippen molar-refractivity contribution in [2.75, 3.05) is 6.54 Å². The van der Waals surface area contributed by atoms with Gasteiger partial charge in [0.2, 0.25) is 0 Å². The molecule has 0 atom stereocenters. The van der Waals surface area contributed by atoms with Gasteiger partial charge in [-0.15, -0.1) is 0 Å². The van der Waals surface area contributed by atoms with Crippen molar-refractivity contribution in [3.8, 4) is 0 Å². The normalized spacial score (nSPS) is 11.8. The summed E-state index contributed by atoms with van der Waals surface area (Å²) in [5, 5.41) is 3.64. The van der Waals surface area contributed by atoms with Crippen LogP contribution in [0.1, 0.15) is 18.4 Å². The van der Waals surface area contributed by atoms with E-state index in [-0.39, 0.29) is 15.7 Å². The second-order valence-corrected chi connectivity index (χ2v) is 7.29. The quantitative estimate of drug-likeness (QED) is 0.865. The Balaban J connectivity index is 2.16. The molecule has 1 aromatic heterocycles. The third kappa shape index (κ3) is 4.23. The third-order valence-electron chi connectivity index (χ3n) is 2.85. The van der Waals surface area contributed by atoms with Crippen LogP contribution in [0.25, 0.3) is 0 Å². The van der Waals surface area contributed by atoms with Crippen LogP contribution in [0.3, 0.4) is 0 Å². The third-order valence-corrected chi connectivity index (χ3v) is 5.22. The van der Waals surface area contributed by atoms with Gasteiger partial charge in [0.15, 0.2) is 9.84 Å². The summed E-state index contributed by atoms with van der Waals surface area (Å²) in [4.78, 5) is 0.126. The zero-order valence-electron chi connectivity index (χ0n) is 11.4. The molecule has 21 heavy (non-hydrogen) atoms. The zero-order chi connectivity index (χ0) is 15.5. The minimum Gasteiger partial charge on any atom is -0.464 e. The van der Waals surface area contributed by atoms with Crippen molar-refractivity contribution in [3.63, 3.8) is 0 Å². The van der Waals surface area contributed by atoms with Crippen LogP contribution in [0, 0.1) is 0 Å². The Morgan fingerprint density at radius 3 is 2.48 bits per heavy atom. The highest BCUT2D eigenvalue weighted by atomic mass is 35.5. The number of furan rings is 1. The van der Waals surface area contributed by atoms with Gasteiger partial charge < -0.3 is 9.73 Å². The number of hydrogen-bond donors (Lipinski definition) is 1. The molecule has 1 N–H and O–H groups in total. The van der Waals surface area contributed by atoms with Crippen LogP contribution in [0.4, 0.5) is 0 Å². The minimum atomic E-state index is -3.52. The summed E-state index contributed by atoms with van der Waals surface area (Å²) in [5.41, 5.74) is 0. The monoisotopic (exact) mass is 347 g/mol. The van der Waals surface area contributed by atoms with Gasteiger partial charge in [-0.25, -0.2) is 8.42 Å². The fourth-order valence-electron chi connectivity index (χ4n) is 1.78. The minimum absolute atomic E-state index is 0.126. The van der Waals surface area contributed by atoms with Gasteiger partial charge in [-0.3, -0.25) is 0 Å². The van der Waals surface area contributed by atoms with Gasteiger partial charge in [0.25, 0.3) is 0 Å². The van der Waals surface area contributed by atoms with Crippen LogP contribution in [-0.4, -0.2) is 15.0 Å². The molecule has 0 fully saturated rings. The maximum atomic E-state index is 12.3. The number of rotatable bonds is 6. The van der Waals surface area contributed by atoms with Crippen LogP contribution < -0.4 is 5.32 Å². The first-order chi connectivity index (χ1) is 9.92. The molecule has 0 unspecified atom stereocenters.